The van der Waals surface area contributed by atoms with Crippen molar-refractivity contribution in [3.63, 3.8) is 0 Å². The average Bonchev–Trinajstić information content (AvgIpc) is 2.55. The second-order valence-electron chi connectivity index (χ2n) is 6.49. The van der Waals surface area contributed by atoms with Crippen molar-refractivity contribution >= 4 is 0 Å². The quantitative estimate of drug-likeness (QED) is 0.842. The van der Waals surface area contributed by atoms with Gasteiger partial charge in [0.15, 0.2) is 0 Å². The van der Waals surface area contributed by atoms with Gasteiger partial charge in [-0.2, -0.15) is 0 Å². The Morgan fingerprint density at radius 2 is 1.86 bits per heavy atom. The summed E-state index contributed by atoms with van der Waals surface area (Å²) < 4.78 is 0. The number of piperazine rings is 1. The third-order valence-corrected chi connectivity index (χ3v) is 5.27. The van der Waals surface area contributed by atoms with Gasteiger partial charge in [-0.3, -0.25) is 4.90 Å². The standard InChI is InChI=1S/C19H32N2/c1-5-15(4)18-14-21(17(6-2)13-20-18)19(7-3)16-11-9-8-10-12-16/h8-12,15,17-20H,5-7,13-14H2,1-4H3. The second kappa shape index (κ2) is 7.95. The van der Waals surface area contributed by atoms with Crippen LogP contribution in [0.2, 0.25) is 0 Å². The molecule has 1 aliphatic heterocycles. The largest absolute Gasteiger partial charge is 0.311 e. The van der Waals surface area contributed by atoms with Crippen LogP contribution in [0, 0.1) is 5.92 Å². The summed E-state index contributed by atoms with van der Waals surface area (Å²) in [5.41, 5.74) is 1.48. The molecule has 1 fully saturated rings. The minimum absolute atomic E-state index is 0.560. The van der Waals surface area contributed by atoms with E-state index in [-0.39, 0.29) is 0 Å². The Kier molecular flexibility index (Phi) is 6.25. The van der Waals surface area contributed by atoms with Crippen molar-refractivity contribution in [1.82, 2.24) is 10.2 Å². The summed E-state index contributed by atoms with van der Waals surface area (Å²) in [5.74, 6) is 0.749. The lowest BCUT2D eigenvalue weighted by molar-refractivity contribution is 0.0615. The Balaban J connectivity index is 2.18. The molecule has 0 spiro atoms. The average molecular weight is 288 g/mol. The number of rotatable bonds is 6. The topological polar surface area (TPSA) is 15.3 Å². The number of benzene rings is 1. The molecule has 1 aliphatic rings. The van der Waals surface area contributed by atoms with Crippen LogP contribution in [-0.2, 0) is 0 Å². The van der Waals surface area contributed by atoms with Gasteiger partial charge >= 0.3 is 0 Å². The van der Waals surface area contributed by atoms with Gasteiger partial charge in [0.05, 0.1) is 0 Å². The van der Waals surface area contributed by atoms with Crippen molar-refractivity contribution in [3.05, 3.63) is 35.9 Å². The molecule has 2 nitrogen and oxygen atoms in total. The molecular formula is C19H32N2. The maximum Gasteiger partial charge on any atom is 0.0349 e. The molecule has 4 atom stereocenters. The van der Waals surface area contributed by atoms with Crippen LogP contribution in [0.25, 0.3) is 0 Å². The Morgan fingerprint density at radius 1 is 1.14 bits per heavy atom. The van der Waals surface area contributed by atoms with Crippen molar-refractivity contribution < 1.29 is 0 Å². The monoisotopic (exact) mass is 288 g/mol. The zero-order chi connectivity index (χ0) is 15.2. The molecule has 1 aromatic carbocycles. The summed E-state index contributed by atoms with van der Waals surface area (Å²) in [6.45, 7) is 11.6. The van der Waals surface area contributed by atoms with Crippen LogP contribution in [0.1, 0.15) is 58.6 Å². The van der Waals surface area contributed by atoms with Crippen LogP contribution in [0.5, 0.6) is 0 Å². The van der Waals surface area contributed by atoms with Gasteiger partial charge in [-0.25, -0.2) is 0 Å². The second-order valence-corrected chi connectivity index (χ2v) is 6.49. The third kappa shape index (κ3) is 3.87. The molecule has 0 aromatic heterocycles. The number of hydrogen-bond donors (Lipinski definition) is 1. The molecule has 1 N–H and O–H groups in total. The molecule has 1 saturated heterocycles. The van der Waals surface area contributed by atoms with Crippen LogP contribution < -0.4 is 5.32 Å². The van der Waals surface area contributed by atoms with Gasteiger partial charge in [-0.15, -0.1) is 0 Å². The highest BCUT2D eigenvalue weighted by atomic mass is 15.3. The van der Waals surface area contributed by atoms with Crippen molar-refractivity contribution in [2.45, 2.75) is 65.1 Å². The van der Waals surface area contributed by atoms with Gasteiger partial charge < -0.3 is 5.32 Å². The molecule has 0 saturated carbocycles. The van der Waals surface area contributed by atoms with Crippen LogP contribution >= 0.6 is 0 Å². The van der Waals surface area contributed by atoms with E-state index >= 15 is 0 Å². The summed E-state index contributed by atoms with van der Waals surface area (Å²) in [5, 5.41) is 3.79. The van der Waals surface area contributed by atoms with Crippen molar-refractivity contribution in [2.24, 2.45) is 5.92 Å². The first-order chi connectivity index (χ1) is 10.2. The zero-order valence-electron chi connectivity index (χ0n) is 14.2. The Hall–Kier alpha value is -0.860. The summed E-state index contributed by atoms with van der Waals surface area (Å²) in [6, 6.07) is 12.9. The van der Waals surface area contributed by atoms with Gasteiger partial charge in [0, 0.05) is 31.2 Å². The van der Waals surface area contributed by atoms with Gasteiger partial charge in [0.25, 0.3) is 0 Å². The molecule has 0 amide bonds. The smallest absolute Gasteiger partial charge is 0.0349 e. The number of nitrogens with one attached hydrogen (secondary N) is 1. The molecule has 0 radical (unpaired) electrons. The van der Waals surface area contributed by atoms with Crippen molar-refractivity contribution in [3.8, 4) is 0 Å². The van der Waals surface area contributed by atoms with Crippen molar-refractivity contribution in [2.75, 3.05) is 13.1 Å². The van der Waals surface area contributed by atoms with E-state index in [2.05, 4.69) is 68.2 Å². The lowest BCUT2D eigenvalue weighted by atomic mass is 9.91. The van der Waals surface area contributed by atoms with Crippen molar-refractivity contribution in [1.29, 1.82) is 0 Å². The minimum Gasteiger partial charge on any atom is -0.311 e. The highest BCUT2D eigenvalue weighted by molar-refractivity contribution is 5.19. The zero-order valence-corrected chi connectivity index (χ0v) is 14.2. The molecule has 0 aliphatic carbocycles. The lowest BCUT2D eigenvalue weighted by Gasteiger charge is -2.46. The highest BCUT2D eigenvalue weighted by Crippen LogP contribution is 2.30. The Morgan fingerprint density at radius 3 is 2.43 bits per heavy atom. The first kappa shape index (κ1) is 16.5. The van der Waals surface area contributed by atoms with E-state index in [0.717, 1.165) is 12.5 Å². The predicted molar refractivity (Wildman–Crippen MR) is 91.5 cm³/mol. The van der Waals surface area contributed by atoms with E-state index in [4.69, 9.17) is 0 Å². The minimum atomic E-state index is 0.560. The van der Waals surface area contributed by atoms with E-state index in [0.29, 0.717) is 18.1 Å². The summed E-state index contributed by atoms with van der Waals surface area (Å²) >= 11 is 0. The SMILES string of the molecule is CCC(C)C1CN(C(CC)c2ccccc2)C(CC)CN1. The van der Waals surface area contributed by atoms with Gasteiger partial charge in [0.1, 0.15) is 0 Å². The van der Waals surface area contributed by atoms with Crippen LogP contribution in [0.3, 0.4) is 0 Å². The molecule has 1 heterocycles. The fourth-order valence-corrected chi connectivity index (χ4v) is 3.61. The molecule has 2 rings (SSSR count). The third-order valence-electron chi connectivity index (χ3n) is 5.27. The molecule has 4 unspecified atom stereocenters. The molecule has 21 heavy (non-hydrogen) atoms. The highest BCUT2D eigenvalue weighted by Gasteiger charge is 2.33. The number of hydrogen-bond acceptors (Lipinski definition) is 2. The van der Waals surface area contributed by atoms with Crippen LogP contribution in [0.4, 0.5) is 0 Å². The van der Waals surface area contributed by atoms with Crippen LogP contribution in [0.15, 0.2) is 30.3 Å². The molecule has 118 valence electrons. The predicted octanol–water partition coefficient (Wildman–Crippen LogP) is 4.24. The summed E-state index contributed by atoms with van der Waals surface area (Å²) in [6.07, 6.45) is 3.67. The van der Waals surface area contributed by atoms with E-state index in [1.165, 1.54) is 31.4 Å². The van der Waals surface area contributed by atoms with E-state index < -0.39 is 0 Å². The van der Waals surface area contributed by atoms with E-state index in [1.54, 1.807) is 0 Å². The first-order valence-corrected chi connectivity index (χ1v) is 8.75. The summed E-state index contributed by atoms with van der Waals surface area (Å²) in [7, 11) is 0. The fraction of sp³-hybridized carbons (Fsp3) is 0.684. The molecule has 1 aromatic rings. The van der Waals surface area contributed by atoms with Gasteiger partial charge in [-0.1, -0.05) is 64.4 Å². The normalized spacial score (nSPS) is 26.5. The van der Waals surface area contributed by atoms with E-state index in [1.807, 2.05) is 0 Å². The Bertz CT molecular complexity index is 403. The molecular weight excluding hydrogens is 256 g/mol. The van der Waals surface area contributed by atoms with Crippen LogP contribution in [-0.4, -0.2) is 30.1 Å². The van der Waals surface area contributed by atoms with E-state index in [9.17, 15) is 0 Å². The Labute approximate surface area is 130 Å². The summed E-state index contributed by atoms with van der Waals surface area (Å²) in [4.78, 5) is 2.77. The van der Waals surface area contributed by atoms with Gasteiger partial charge in [0.2, 0.25) is 0 Å². The number of nitrogens with zero attached hydrogens (tertiary/aromatic N) is 1. The molecule has 0 bridgehead atoms. The fourth-order valence-electron chi connectivity index (χ4n) is 3.61. The first-order valence-electron chi connectivity index (χ1n) is 8.75. The lowest BCUT2D eigenvalue weighted by Crippen LogP contribution is -2.58. The maximum absolute atomic E-state index is 3.79. The molecule has 2 heteroatoms. The maximum atomic E-state index is 3.79. The van der Waals surface area contributed by atoms with Gasteiger partial charge in [-0.05, 0) is 24.3 Å².